The molecule has 0 aromatic heterocycles. The van der Waals surface area contributed by atoms with E-state index < -0.39 is 5.97 Å². The first kappa shape index (κ1) is 11.0. The summed E-state index contributed by atoms with van der Waals surface area (Å²) >= 11 is 1.58. The van der Waals surface area contributed by atoms with E-state index in [0.29, 0.717) is 5.56 Å². The maximum absolute atomic E-state index is 10.9. The number of nitrogens with zero attached hydrogens (tertiary/aromatic N) is 2. The largest absolute Gasteiger partial charge is 0.478 e. The van der Waals surface area contributed by atoms with Gasteiger partial charge in [-0.2, -0.15) is 0 Å². The Bertz CT molecular complexity index is 445. The number of carbonyl (C=O) groups is 1. The lowest BCUT2D eigenvalue weighted by Crippen LogP contribution is -2.24. The average molecular weight is 236 g/mol. The highest BCUT2D eigenvalue weighted by Gasteiger charge is 2.18. The van der Waals surface area contributed by atoms with Crippen LogP contribution in [0.3, 0.4) is 0 Å². The average Bonchev–Trinajstić information content (AvgIpc) is 2.77. The van der Waals surface area contributed by atoms with Crippen molar-refractivity contribution in [1.82, 2.24) is 0 Å². The molecule has 84 valence electrons. The van der Waals surface area contributed by atoms with Gasteiger partial charge in [-0.25, -0.2) is 4.79 Å². The van der Waals surface area contributed by atoms with Gasteiger partial charge >= 0.3 is 5.97 Å². The number of benzene rings is 1. The van der Waals surface area contributed by atoms with E-state index in [-0.39, 0.29) is 0 Å². The van der Waals surface area contributed by atoms with Crippen molar-refractivity contribution >= 4 is 28.6 Å². The van der Waals surface area contributed by atoms with Gasteiger partial charge in [-0.15, -0.1) is 0 Å². The predicted molar refractivity (Wildman–Crippen MR) is 66.6 cm³/mol. The van der Waals surface area contributed by atoms with Crippen LogP contribution in [0, 0.1) is 0 Å². The van der Waals surface area contributed by atoms with Crippen LogP contribution in [0.2, 0.25) is 0 Å². The number of aliphatic imine (C=N–C) groups is 1. The quantitative estimate of drug-likeness (QED) is 0.852. The monoisotopic (exact) mass is 236 g/mol. The number of carboxylic acids is 1. The molecule has 0 unspecified atom stereocenters. The van der Waals surface area contributed by atoms with E-state index in [0.717, 1.165) is 23.9 Å². The lowest BCUT2D eigenvalue weighted by Gasteiger charge is -2.19. The molecule has 0 saturated carbocycles. The summed E-state index contributed by atoms with van der Waals surface area (Å²) in [5.41, 5.74) is 1.20. The number of amidine groups is 1. The third kappa shape index (κ3) is 2.04. The molecule has 1 aliphatic rings. The molecule has 0 amide bonds. The highest BCUT2D eigenvalue weighted by Crippen LogP contribution is 2.22. The molecule has 4 nitrogen and oxygen atoms in total. The van der Waals surface area contributed by atoms with Gasteiger partial charge < -0.3 is 10.0 Å². The van der Waals surface area contributed by atoms with Gasteiger partial charge in [0.1, 0.15) is 0 Å². The summed E-state index contributed by atoms with van der Waals surface area (Å²) in [6.45, 7) is 1.59. The first-order chi connectivity index (χ1) is 7.72. The van der Waals surface area contributed by atoms with Crippen molar-refractivity contribution in [3.8, 4) is 0 Å². The smallest absolute Gasteiger partial charge is 0.335 e. The maximum Gasteiger partial charge on any atom is 0.335 e. The molecule has 0 bridgehead atoms. The number of hydrogen-bond donors (Lipinski definition) is 1. The minimum Gasteiger partial charge on any atom is -0.478 e. The minimum atomic E-state index is -0.899. The summed E-state index contributed by atoms with van der Waals surface area (Å²) in [6, 6.07) is 6.94. The fourth-order valence-electron chi connectivity index (χ4n) is 1.65. The van der Waals surface area contributed by atoms with Crippen LogP contribution in [0.1, 0.15) is 10.4 Å². The SMILES string of the molecule is CSC1=NCCN1c1cccc(C(=O)O)c1. The Hall–Kier alpha value is -1.49. The fraction of sp³-hybridized carbons (Fsp3) is 0.273. The number of hydrogen-bond acceptors (Lipinski definition) is 4. The number of thioether (sulfide) groups is 1. The van der Waals surface area contributed by atoms with Crippen molar-refractivity contribution in [2.45, 2.75) is 0 Å². The number of anilines is 1. The van der Waals surface area contributed by atoms with E-state index in [9.17, 15) is 4.79 Å². The molecule has 16 heavy (non-hydrogen) atoms. The van der Waals surface area contributed by atoms with E-state index in [2.05, 4.69) is 4.99 Å². The Morgan fingerprint density at radius 3 is 3.06 bits per heavy atom. The van der Waals surface area contributed by atoms with Crippen molar-refractivity contribution < 1.29 is 9.90 Å². The third-order valence-corrected chi connectivity index (χ3v) is 3.10. The molecule has 1 N–H and O–H groups in total. The van der Waals surface area contributed by atoms with E-state index >= 15 is 0 Å². The first-order valence-corrected chi connectivity index (χ1v) is 6.14. The Balaban J connectivity index is 2.30. The molecule has 0 atom stereocenters. The Morgan fingerprint density at radius 1 is 1.56 bits per heavy atom. The van der Waals surface area contributed by atoms with E-state index in [1.54, 1.807) is 30.0 Å². The maximum atomic E-state index is 10.9. The zero-order chi connectivity index (χ0) is 11.5. The molecule has 0 spiro atoms. The molecule has 5 heteroatoms. The van der Waals surface area contributed by atoms with Crippen LogP contribution < -0.4 is 4.90 Å². The van der Waals surface area contributed by atoms with Crippen LogP contribution in [0.5, 0.6) is 0 Å². The molecular formula is C11H12N2O2S. The van der Waals surface area contributed by atoms with Crippen LogP contribution in [0.15, 0.2) is 29.3 Å². The van der Waals surface area contributed by atoms with Gasteiger partial charge in [0.2, 0.25) is 0 Å². The van der Waals surface area contributed by atoms with Crippen LogP contribution in [-0.4, -0.2) is 35.6 Å². The molecule has 1 aromatic rings. The molecule has 0 aliphatic carbocycles. The number of rotatable bonds is 2. The van der Waals surface area contributed by atoms with Crippen molar-refractivity contribution in [2.75, 3.05) is 24.2 Å². The van der Waals surface area contributed by atoms with E-state index in [1.165, 1.54) is 0 Å². The molecule has 0 radical (unpaired) electrons. The van der Waals surface area contributed by atoms with Crippen molar-refractivity contribution in [3.63, 3.8) is 0 Å². The van der Waals surface area contributed by atoms with Gasteiger partial charge in [-0.05, 0) is 24.5 Å². The zero-order valence-corrected chi connectivity index (χ0v) is 9.70. The van der Waals surface area contributed by atoms with Gasteiger partial charge in [-0.1, -0.05) is 17.8 Å². The highest BCUT2D eigenvalue weighted by molar-refractivity contribution is 8.13. The Morgan fingerprint density at radius 2 is 2.38 bits per heavy atom. The summed E-state index contributed by atoms with van der Waals surface area (Å²) in [7, 11) is 0. The second kappa shape index (κ2) is 4.57. The summed E-state index contributed by atoms with van der Waals surface area (Å²) in [4.78, 5) is 17.2. The molecule has 0 fully saturated rings. The first-order valence-electron chi connectivity index (χ1n) is 4.91. The van der Waals surface area contributed by atoms with Gasteiger partial charge in [-0.3, -0.25) is 4.99 Å². The molecular weight excluding hydrogens is 224 g/mol. The summed E-state index contributed by atoms with van der Waals surface area (Å²) in [5, 5.41) is 9.87. The van der Waals surface area contributed by atoms with Gasteiger partial charge in [0.05, 0.1) is 12.1 Å². The van der Waals surface area contributed by atoms with Crippen molar-refractivity contribution in [3.05, 3.63) is 29.8 Å². The van der Waals surface area contributed by atoms with Gasteiger partial charge in [0, 0.05) is 12.2 Å². The third-order valence-electron chi connectivity index (χ3n) is 2.39. The molecule has 0 saturated heterocycles. The highest BCUT2D eigenvalue weighted by atomic mass is 32.2. The minimum absolute atomic E-state index is 0.310. The second-order valence-electron chi connectivity index (χ2n) is 3.38. The van der Waals surface area contributed by atoms with Crippen LogP contribution >= 0.6 is 11.8 Å². The van der Waals surface area contributed by atoms with Gasteiger partial charge in [0.25, 0.3) is 0 Å². The summed E-state index contributed by atoms with van der Waals surface area (Å²) in [5.74, 6) is -0.899. The van der Waals surface area contributed by atoms with E-state index in [1.807, 2.05) is 17.2 Å². The summed E-state index contributed by atoms with van der Waals surface area (Å²) in [6.07, 6.45) is 1.97. The summed E-state index contributed by atoms with van der Waals surface area (Å²) < 4.78 is 0. The van der Waals surface area contributed by atoms with Gasteiger partial charge in [0.15, 0.2) is 5.17 Å². The topological polar surface area (TPSA) is 52.9 Å². The van der Waals surface area contributed by atoms with E-state index in [4.69, 9.17) is 5.11 Å². The second-order valence-corrected chi connectivity index (χ2v) is 4.15. The molecule has 1 heterocycles. The molecule has 2 rings (SSSR count). The zero-order valence-electron chi connectivity index (χ0n) is 8.88. The normalized spacial score (nSPS) is 15.1. The van der Waals surface area contributed by atoms with Crippen LogP contribution in [-0.2, 0) is 0 Å². The van der Waals surface area contributed by atoms with Crippen LogP contribution in [0.25, 0.3) is 0 Å². The lowest BCUT2D eigenvalue weighted by molar-refractivity contribution is 0.0697. The predicted octanol–water partition coefficient (Wildman–Crippen LogP) is 1.92. The molecule has 1 aliphatic heterocycles. The number of aromatic carboxylic acids is 1. The Labute approximate surface area is 98.0 Å². The fourth-order valence-corrected chi connectivity index (χ4v) is 2.29. The van der Waals surface area contributed by atoms with Crippen LogP contribution in [0.4, 0.5) is 5.69 Å². The standard InChI is InChI=1S/C11H12N2O2S/c1-16-11-12-5-6-13(11)9-4-2-3-8(7-9)10(14)15/h2-4,7H,5-6H2,1H3,(H,14,15). The van der Waals surface area contributed by atoms with Crippen molar-refractivity contribution in [2.24, 2.45) is 4.99 Å². The molecule has 1 aromatic carbocycles. The Kier molecular flexibility index (Phi) is 3.14. The number of carboxylic acid groups (broad SMARTS) is 1. The lowest BCUT2D eigenvalue weighted by atomic mass is 10.2. The van der Waals surface area contributed by atoms with Crippen molar-refractivity contribution in [1.29, 1.82) is 0 Å².